The number of rotatable bonds is 10. The molecule has 0 aliphatic rings. The average Bonchev–Trinajstić information content (AvgIpc) is 2.87. The third-order valence-electron chi connectivity index (χ3n) is 5.91. The van der Waals surface area contributed by atoms with Gasteiger partial charge >= 0.3 is 0 Å². The van der Waals surface area contributed by atoms with Crippen LogP contribution >= 0.6 is 0 Å². The van der Waals surface area contributed by atoms with E-state index in [1.807, 2.05) is 23.1 Å². The highest BCUT2D eigenvalue weighted by molar-refractivity contribution is 5.88. The molecule has 6 nitrogen and oxygen atoms in total. The number of unbranched alkanes of at least 4 members (excludes halogenated alkanes) is 2. The summed E-state index contributed by atoms with van der Waals surface area (Å²) in [5, 5.41) is 3.36. The number of halogens is 2. The van der Waals surface area contributed by atoms with Gasteiger partial charge in [0.15, 0.2) is 5.82 Å². The van der Waals surface area contributed by atoms with E-state index in [0.29, 0.717) is 35.1 Å². The number of hydrogen-bond donors (Lipinski definition) is 2. The van der Waals surface area contributed by atoms with Crippen LogP contribution < -0.4 is 16.0 Å². The zero-order chi connectivity index (χ0) is 25.7. The number of fused-ring (bicyclic) bond motifs is 1. The molecule has 0 bridgehead atoms. The van der Waals surface area contributed by atoms with Gasteiger partial charge in [-0.25, -0.2) is 13.8 Å². The summed E-state index contributed by atoms with van der Waals surface area (Å²) in [6.07, 6.45) is 6.27. The average molecular weight is 489 g/mol. The SMILES string of the molecule is C=C(Nc1cccc2nccnc12)N(CCCCC)c1nc(-c2cccc(C(C)(F)F)c2)ccc1N. The predicted octanol–water partition coefficient (Wildman–Crippen LogP) is 6.97. The first-order valence-corrected chi connectivity index (χ1v) is 12.0. The van der Waals surface area contributed by atoms with Gasteiger partial charge in [0.25, 0.3) is 5.92 Å². The highest BCUT2D eigenvalue weighted by Crippen LogP contribution is 2.33. The molecule has 0 aliphatic heterocycles. The molecule has 0 saturated heterocycles. The lowest BCUT2D eigenvalue weighted by Crippen LogP contribution is -2.29. The minimum absolute atomic E-state index is 0.0666. The Bertz CT molecular complexity index is 1360. The van der Waals surface area contributed by atoms with Crippen LogP contribution in [0.2, 0.25) is 0 Å². The van der Waals surface area contributed by atoms with Crippen LogP contribution in [-0.4, -0.2) is 21.5 Å². The Morgan fingerprint density at radius 2 is 1.83 bits per heavy atom. The first-order chi connectivity index (χ1) is 17.3. The fourth-order valence-corrected chi connectivity index (χ4v) is 3.99. The maximum atomic E-state index is 13.9. The number of nitrogens with two attached hydrogens (primary N) is 1. The monoisotopic (exact) mass is 488 g/mol. The van der Waals surface area contributed by atoms with Crippen molar-refractivity contribution < 1.29 is 8.78 Å². The lowest BCUT2D eigenvalue weighted by molar-refractivity contribution is 0.0175. The topological polar surface area (TPSA) is 80.0 Å². The summed E-state index contributed by atoms with van der Waals surface area (Å²) in [4.78, 5) is 15.5. The normalized spacial score (nSPS) is 11.4. The largest absolute Gasteiger partial charge is 0.396 e. The van der Waals surface area contributed by atoms with Gasteiger partial charge < -0.3 is 16.0 Å². The van der Waals surface area contributed by atoms with Crippen molar-refractivity contribution in [3.8, 4) is 11.3 Å². The summed E-state index contributed by atoms with van der Waals surface area (Å²) in [6.45, 7) is 7.92. The van der Waals surface area contributed by atoms with Crippen molar-refractivity contribution in [2.45, 2.75) is 39.0 Å². The van der Waals surface area contributed by atoms with Crippen molar-refractivity contribution in [1.82, 2.24) is 15.0 Å². The van der Waals surface area contributed by atoms with E-state index in [4.69, 9.17) is 10.7 Å². The third-order valence-corrected chi connectivity index (χ3v) is 5.91. The van der Waals surface area contributed by atoms with Gasteiger partial charge in [0, 0.05) is 37.0 Å². The number of pyridine rings is 1. The van der Waals surface area contributed by atoms with E-state index in [1.54, 1.807) is 36.7 Å². The van der Waals surface area contributed by atoms with Crippen LogP contribution in [0, 0.1) is 0 Å². The Kier molecular flexibility index (Phi) is 7.43. The van der Waals surface area contributed by atoms with Gasteiger partial charge in [-0.3, -0.25) is 9.97 Å². The zero-order valence-corrected chi connectivity index (χ0v) is 20.5. The molecule has 2 aromatic heterocycles. The first kappa shape index (κ1) is 25.0. The number of hydrogen-bond acceptors (Lipinski definition) is 6. The quantitative estimate of drug-likeness (QED) is 0.235. The number of anilines is 3. The molecule has 0 amide bonds. The number of para-hydroxylation sites is 1. The Hall–Kier alpha value is -4.07. The van der Waals surface area contributed by atoms with Crippen molar-refractivity contribution >= 4 is 28.2 Å². The van der Waals surface area contributed by atoms with Crippen LogP contribution in [0.3, 0.4) is 0 Å². The van der Waals surface area contributed by atoms with E-state index in [2.05, 4.69) is 28.8 Å². The maximum absolute atomic E-state index is 13.9. The Labute approximate surface area is 209 Å². The van der Waals surface area contributed by atoms with Gasteiger partial charge in [0.2, 0.25) is 0 Å². The van der Waals surface area contributed by atoms with Crippen molar-refractivity contribution in [3.63, 3.8) is 0 Å². The lowest BCUT2D eigenvalue weighted by atomic mass is 10.0. The smallest absolute Gasteiger partial charge is 0.270 e. The van der Waals surface area contributed by atoms with Crippen LogP contribution in [0.25, 0.3) is 22.3 Å². The minimum Gasteiger partial charge on any atom is -0.396 e. The molecule has 0 spiro atoms. The second-order valence-electron chi connectivity index (χ2n) is 8.74. The summed E-state index contributed by atoms with van der Waals surface area (Å²) in [7, 11) is 0. The third kappa shape index (κ3) is 5.59. The molecule has 2 aromatic carbocycles. The summed E-state index contributed by atoms with van der Waals surface area (Å²) < 4.78 is 27.9. The number of aromatic nitrogens is 3. The van der Waals surface area contributed by atoms with Crippen LogP contribution in [0.5, 0.6) is 0 Å². The van der Waals surface area contributed by atoms with Gasteiger partial charge in [-0.15, -0.1) is 0 Å². The molecule has 2 heterocycles. The van der Waals surface area contributed by atoms with Gasteiger partial charge in [0.1, 0.15) is 11.3 Å². The van der Waals surface area contributed by atoms with Gasteiger partial charge in [-0.1, -0.05) is 50.6 Å². The van der Waals surface area contributed by atoms with E-state index in [0.717, 1.165) is 42.9 Å². The molecule has 4 aromatic rings. The number of benzene rings is 2. The number of alkyl halides is 2. The van der Waals surface area contributed by atoms with Gasteiger partial charge in [-0.2, -0.15) is 0 Å². The summed E-state index contributed by atoms with van der Waals surface area (Å²) in [5.41, 5.74) is 10.2. The van der Waals surface area contributed by atoms with Crippen molar-refractivity contribution in [3.05, 3.63) is 85.0 Å². The predicted molar refractivity (Wildman–Crippen MR) is 143 cm³/mol. The Morgan fingerprint density at radius 3 is 2.61 bits per heavy atom. The number of nitrogens with zero attached hydrogens (tertiary/aromatic N) is 4. The molecule has 0 radical (unpaired) electrons. The van der Waals surface area contributed by atoms with E-state index >= 15 is 0 Å². The van der Waals surface area contributed by atoms with Gasteiger partial charge in [0.05, 0.1) is 22.6 Å². The standard InChI is InChI=1S/C28H30F2N6/c1-4-5-6-17-36(19(2)34-25-12-8-11-24-26(25)33-16-15-32-24)27-22(31)13-14-23(35-27)20-9-7-10-21(18-20)28(3,29)30/h7-16,18,34H,2,4-6,17,31H2,1,3H3. The zero-order valence-electron chi connectivity index (χ0n) is 20.5. The first-order valence-electron chi connectivity index (χ1n) is 12.0. The van der Waals surface area contributed by atoms with E-state index < -0.39 is 5.92 Å². The van der Waals surface area contributed by atoms with Crippen LogP contribution in [-0.2, 0) is 5.92 Å². The Balaban J connectivity index is 1.70. The minimum atomic E-state index is -2.95. The molecule has 0 fully saturated rings. The fourth-order valence-electron chi connectivity index (χ4n) is 3.99. The van der Waals surface area contributed by atoms with Crippen LogP contribution in [0.1, 0.15) is 38.7 Å². The molecule has 186 valence electrons. The lowest BCUT2D eigenvalue weighted by Gasteiger charge is -2.28. The molecule has 3 N–H and O–H groups in total. The van der Waals surface area contributed by atoms with E-state index in [1.165, 1.54) is 12.1 Å². The molecule has 0 aliphatic carbocycles. The molecule has 0 unspecified atom stereocenters. The van der Waals surface area contributed by atoms with E-state index in [9.17, 15) is 8.78 Å². The Morgan fingerprint density at radius 1 is 1.06 bits per heavy atom. The van der Waals surface area contributed by atoms with Crippen LogP contribution in [0.4, 0.5) is 26.0 Å². The highest BCUT2D eigenvalue weighted by Gasteiger charge is 2.25. The van der Waals surface area contributed by atoms with E-state index in [-0.39, 0.29) is 5.56 Å². The van der Waals surface area contributed by atoms with Crippen molar-refractivity contribution in [1.29, 1.82) is 0 Å². The second kappa shape index (κ2) is 10.7. The highest BCUT2D eigenvalue weighted by atomic mass is 19.3. The summed E-state index contributed by atoms with van der Waals surface area (Å²) in [6, 6.07) is 15.5. The molecule has 36 heavy (non-hydrogen) atoms. The molecular formula is C28H30F2N6. The summed E-state index contributed by atoms with van der Waals surface area (Å²) >= 11 is 0. The summed E-state index contributed by atoms with van der Waals surface area (Å²) in [5.74, 6) is -1.85. The second-order valence-corrected chi connectivity index (χ2v) is 8.74. The molecule has 0 atom stereocenters. The maximum Gasteiger partial charge on any atom is 0.270 e. The number of nitrogen functional groups attached to an aromatic ring is 1. The van der Waals surface area contributed by atoms with Crippen molar-refractivity contribution in [2.75, 3.05) is 22.5 Å². The molecule has 4 rings (SSSR count). The van der Waals surface area contributed by atoms with Crippen molar-refractivity contribution in [2.24, 2.45) is 0 Å². The van der Waals surface area contributed by atoms with Crippen LogP contribution in [0.15, 0.2) is 79.4 Å². The molecule has 0 saturated carbocycles. The fraction of sp³-hybridized carbons (Fsp3) is 0.250. The molecular weight excluding hydrogens is 458 g/mol. The number of nitrogens with one attached hydrogen (secondary N) is 1. The molecule has 8 heteroatoms. The van der Waals surface area contributed by atoms with Gasteiger partial charge in [-0.05, 0) is 36.8 Å².